The second-order valence-electron chi connectivity index (χ2n) is 2.26. The fraction of sp³-hybridized carbons (Fsp3) is 0.250. The Morgan fingerprint density at radius 1 is 1.47 bits per heavy atom. The van der Waals surface area contributed by atoms with Crippen molar-refractivity contribution in [1.29, 1.82) is 0 Å². The topological polar surface area (TPSA) is 111 Å². The Morgan fingerprint density at radius 2 is 2.07 bits per heavy atom. The summed E-state index contributed by atoms with van der Waals surface area (Å²) in [6.45, 7) is 2.63. The molecule has 0 atom stereocenters. The Morgan fingerprint density at radius 3 is 2.47 bits per heavy atom. The largest absolute Gasteiger partial charge is 0.494 e. The van der Waals surface area contributed by atoms with Gasteiger partial charge in [0.05, 0.1) is 6.61 Å². The van der Waals surface area contributed by atoms with Crippen molar-refractivity contribution in [3.05, 3.63) is 24.3 Å². The maximum Gasteiger partial charge on any atom is 0.328 e. The molecule has 0 radical (unpaired) electrons. The van der Waals surface area contributed by atoms with Crippen molar-refractivity contribution in [2.24, 2.45) is 0 Å². The molecule has 1 aromatic rings. The van der Waals surface area contributed by atoms with Gasteiger partial charge in [0.25, 0.3) is 0 Å². The zero-order chi connectivity index (χ0) is 11.7. The molecule has 0 aliphatic carbocycles. The van der Waals surface area contributed by atoms with Gasteiger partial charge in [0, 0.05) is 11.8 Å². The van der Waals surface area contributed by atoms with E-state index >= 15 is 0 Å². The molecule has 86 valence electrons. The first-order valence-electron chi connectivity index (χ1n) is 3.96. The van der Waals surface area contributed by atoms with Crippen molar-refractivity contribution in [3.8, 4) is 5.75 Å². The van der Waals surface area contributed by atoms with E-state index in [1.165, 1.54) is 0 Å². The lowest BCUT2D eigenvalue weighted by molar-refractivity contribution is -1.64. The molecule has 6 nitrogen and oxygen atoms in total. The number of benzene rings is 1. The molecule has 0 saturated heterocycles. The average molecular weight is 238 g/mol. The van der Waals surface area contributed by atoms with Gasteiger partial charge in [-0.25, -0.2) is 0 Å². The van der Waals surface area contributed by atoms with Crippen molar-refractivity contribution in [2.45, 2.75) is 6.92 Å². The summed E-state index contributed by atoms with van der Waals surface area (Å²) in [7, 11) is -2.49. The zero-order valence-corrected chi connectivity index (χ0v) is 8.81. The minimum Gasteiger partial charge on any atom is -0.494 e. The van der Waals surface area contributed by atoms with Gasteiger partial charge >= 0.3 is 10.8 Å². The highest BCUT2D eigenvalue weighted by atomic mass is 35.6. The number of nitrogen functional groups attached to an aromatic ring is 1. The lowest BCUT2D eigenvalue weighted by Gasteiger charge is -2.01. The van der Waals surface area contributed by atoms with Crippen molar-refractivity contribution >= 4 is 5.69 Å². The van der Waals surface area contributed by atoms with Crippen LogP contribution in [0.25, 0.3) is 0 Å². The molecule has 7 heteroatoms. The van der Waals surface area contributed by atoms with Gasteiger partial charge in [-0.15, -0.1) is 0 Å². The quantitative estimate of drug-likeness (QED) is 0.406. The lowest BCUT2D eigenvalue weighted by Crippen LogP contribution is -2.32. The molecule has 3 N–H and O–H groups in total. The average Bonchev–Trinajstić information content (AvgIpc) is 2.19. The highest BCUT2D eigenvalue weighted by Gasteiger charge is 1.97. The zero-order valence-electron chi connectivity index (χ0n) is 8.05. The highest BCUT2D eigenvalue weighted by molar-refractivity contribution is 5.43. The van der Waals surface area contributed by atoms with E-state index in [0.717, 1.165) is 11.4 Å². The standard InChI is InChI=1S/C8H11NO.ClHO4/c1-2-10-8-5-3-4-7(9)6-8;2-1(3)5-4/h3-6H,2,9H2,1H3;4H. The molecule has 0 heterocycles. The Balaban J connectivity index is 0.000000336. The molecule has 0 fully saturated rings. The molecule has 0 saturated carbocycles. The SMILES string of the molecule is CCOc1cccc(N)c1.[O-][Cl+2]([O-])OO. The van der Waals surface area contributed by atoms with Gasteiger partial charge in [0.1, 0.15) is 5.75 Å². The molecule has 1 aromatic carbocycles. The van der Waals surface area contributed by atoms with Crippen molar-refractivity contribution in [1.82, 2.24) is 0 Å². The van der Waals surface area contributed by atoms with Gasteiger partial charge in [-0.3, -0.25) is 0 Å². The van der Waals surface area contributed by atoms with Gasteiger partial charge in [0.15, 0.2) is 4.44 Å². The fourth-order valence-corrected chi connectivity index (χ4v) is 0.771. The predicted octanol–water partition coefficient (Wildman–Crippen LogP) is -0.770. The Kier molecular flexibility index (Phi) is 7.69. The van der Waals surface area contributed by atoms with Crippen LogP contribution in [0.1, 0.15) is 6.92 Å². The van der Waals surface area contributed by atoms with Crippen LogP contribution in [0.3, 0.4) is 0 Å². The minimum absolute atomic E-state index is 0.684. The Hall–Kier alpha value is -1.05. The summed E-state index contributed by atoms with van der Waals surface area (Å²) in [4.78, 5) is 0. The van der Waals surface area contributed by atoms with Crippen LogP contribution in [0.5, 0.6) is 5.75 Å². The van der Waals surface area contributed by atoms with E-state index in [1.54, 1.807) is 0 Å². The normalized spacial score (nSPS) is 9.40. The van der Waals surface area contributed by atoms with Crippen molar-refractivity contribution < 1.29 is 34.5 Å². The number of nitrogens with two attached hydrogens (primary N) is 1. The molecule has 0 bridgehead atoms. The number of rotatable bonds is 3. The summed E-state index contributed by atoms with van der Waals surface area (Å²) in [5.41, 5.74) is 6.25. The summed E-state index contributed by atoms with van der Waals surface area (Å²) >= 11 is 0. The molecule has 0 spiro atoms. The summed E-state index contributed by atoms with van der Waals surface area (Å²) in [5.74, 6) is 0.836. The lowest BCUT2D eigenvalue weighted by atomic mass is 10.3. The summed E-state index contributed by atoms with van der Waals surface area (Å²) < 4.78 is 25.6. The maximum atomic E-state index is 8.86. The molecule has 0 aromatic heterocycles. The Bertz CT molecular complexity index is 271. The third-order valence-electron chi connectivity index (χ3n) is 1.23. The smallest absolute Gasteiger partial charge is 0.328 e. The van der Waals surface area contributed by atoms with Crippen LogP contribution in [0.15, 0.2) is 24.3 Å². The predicted molar refractivity (Wildman–Crippen MR) is 45.7 cm³/mol. The van der Waals surface area contributed by atoms with Gasteiger partial charge in [-0.2, -0.15) is 5.26 Å². The van der Waals surface area contributed by atoms with Gasteiger partial charge in [-0.1, -0.05) is 6.07 Å². The van der Waals surface area contributed by atoms with Gasteiger partial charge in [0.2, 0.25) is 0 Å². The first kappa shape index (κ1) is 13.9. The van der Waals surface area contributed by atoms with Crippen LogP contribution in [0.4, 0.5) is 5.69 Å². The van der Waals surface area contributed by atoms with E-state index in [2.05, 4.69) is 4.44 Å². The summed E-state index contributed by atoms with van der Waals surface area (Å²) in [6.07, 6.45) is 0. The van der Waals surface area contributed by atoms with Crippen molar-refractivity contribution in [2.75, 3.05) is 12.3 Å². The third-order valence-corrected chi connectivity index (χ3v) is 1.34. The first-order valence-corrected chi connectivity index (χ1v) is 4.88. The van der Waals surface area contributed by atoms with Crippen molar-refractivity contribution in [3.63, 3.8) is 0 Å². The first-order chi connectivity index (χ1) is 7.10. The molecular formula is C8H12ClNO5. The molecule has 0 amide bonds. The number of hydrogen-bond donors (Lipinski definition) is 2. The van der Waals surface area contributed by atoms with Gasteiger partial charge in [-0.05, 0) is 19.1 Å². The van der Waals surface area contributed by atoms with E-state index in [4.69, 9.17) is 25.0 Å². The third kappa shape index (κ3) is 7.98. The number of halogens is 1. The van der Waals surface area contributed by atoms with E-state index in [1.807, 2.05) is 31.2 Å². The van der Waals surface area contributed by atoms with Crippen LogP contribution in [0.2, 0.25) is 0 Å². The molecule has 0 aliphatic heterocycles. The van der Waals surface area contributed by atoms with E-state index in [9.17, 15) is 0 Å². The summed E-state index contributed by atoms with van der Waals surface area (Å²) in [5, 5.41) is 7.01. The van der Waals surface area contributed by atoms with Crippen LogP contribution in [0, 0.1) is 10.8 Å². The molecule has 0 aliphatic rings. The number of ether oxygens (including phenoxy) is 1. The van der Waals surface area contributed by atoms with Crippen LogP contribution in [-0.4, -0.2) is 11.9 Å². The highest BCUT2D eigenvalue weighted by Crippen LogP contribution is 2.13. The summed E-state index contributed by atoms with van der Waals surface area (Å²) in [6, 6.07) is 7.41. The second-order valence-corrected chi connectivity index (χ2v) is 2.78. The van der Waals surface area contributed by atoms with Crippen LogP contribution in [-0.2, 0) is 4.44 Å². The number of hydrogen-bond acceptors (Lipinski definition) is 6. The number of anilines is 1. The molecule has 15 heavy (non-hydrogen) atoms. The minimum atomic E-state index is -2.49. The molecule has 1 rings (SSSR count). The van der Waals surface area contributed by atoms with E-state index in [-0.39, 0.29) is 0 Å². The molecule has 0 unspecified atom stereocenters. The van der Waals surface area contributed by atoms with E-state index < -0.39 is 10.8 Å². The second kappa shape index (κ2) is 8.27. The Labute approximate surface area is 90.2 Å². The van der Waals surface area contributed by atoms with E-state index in [0.29, 0.717) is 6.61 Å². The van der Waals surface area contributed by atoms with Crippen LogP contribution < -0.4 is 19.8 Å². The van der Waals surface area contributed by atoms with Gasteiger partial charge < -0.3 is 19.8 Å². The fourth-order valence-electron chi connectivity index (χ4n) is 0.771. The van der Waals surface area contributed by atoms with Crippen LogP contribution >= 0.6 is 0 Å². The monoisotopic (exact) mass is 237 g/mol. The molecular weight excluding hydrogens is 226 g/mol. The maximum absolute atomic E-state index is 8.86.